The van der Waals surface area contributed by atoms with Gasteiger partial charge in [0.2, 0.25) is 0 Å². The van der Waals surface area contributed by atoms with Crippen LogP contribution in [0.4, 0.5) is 0 Å². The lowest BCUT2D eigenvalue weighted by Gasteiger charge is -2.37. The highest BCUT2D eigenvalue weighted by molar-refractivity contribution is 8.62. The Balaban J connectivity index is 2.39. The molecule has 0 aromatic rings. The molecule has 2 aliphatic rings. The summed E-state index contributed by atoms with van der Waals surface area (Å²) in [5.74, 6) is 1.12. The monoisotopic (exact) mass is 345 g/mol. The van der Waals surface area contributed by atoms with Gasteiger partial charge >= 0.3 is 22.6 Å². The fourth-order valence-corrected chi connectivity index (χ4v) is 20.0. The van der Waals surface area contributed by atoms with Crippen molar-refractivity contribution in [2.75, 3.05) is 40.5 Å². The molecule has 0 saturated carbocycles. The van der Waals surface area contributed by atoms with E-state index in [1.807, 2.05) is 32.5 Å². The molecule has 0 radical (unpaired) electrons. The highest BCUT2D eigenvalue weighted by atomic mass is 32.7. The molecule has 110 valence electrons. The molecule has 2 heterocycles. The number of nitrogens with zero attached hydrogens (tertiary/aromatic N) is 2. The van der Waals surface area contributed by atoms with E-state index in [4.69, 9.17) is 0 Å². The Morgan fingerprint density at radius 3 is 2.26 bits per heavy atom. The van der Waals surface area contributed by atoms with Gasteiger partial charge in [-0.1, -0.05) is 4.76 Å². The first kappa shape index (κ1) is 16.4. The van der Waals surface area contributed by atoms with E-state index in [-0.39, 0.29) is 0 Å². The lowest BCUT2D eigenvalue weighted by Crippen LogP contribution is -2.54. The first-order valence-corrected chi connectivity index (χ1v) is 12.8. The van der Waals surface area contributed by atoms with Crippen molar-refractivity contribution in [2.45, 2.75) is 0 Å². The quantitative estimate of drug-likeness (QED) is 0.330. The SMILES string of the molecule is C=N[P+]1(NC)N[P+](NC)(NC)N[P+]2(N1)SCCN2C. The lowest BCUT2D eigenvalue weighted by molar-refractivity contribution is 0.584. The van der Waals surface area contributed by atoms with Crippen LogP contribution in [0.5, 0.6) is 0 Å². The molecule has 12 heteroatoms. The van der Waals surface area contributed by atoms with Crippen LogP contribution in [0.1, 0.15) is 0 Å². The number of nitrogens with one attached hydrogen (secondary N) is 6. The van der Waals surface area contributed by atoms with Gasteiger partial charge in [-0.15, -0.1) is 19.9 Å². The fourth-order valence-electron chi connectivity index (χ4n) is 1.98. The van der Waals surface area contributed by atoms with E-state index in [2.05, 4.69) is 53.0 Å². The molecular formula is C7H24N8P3S+3. The average molecular weight is 345 g/mol. The third-order valence-electron chi connectivity index (χ3n) is 3.24. The van der Waals surface area contributed by atoms with Crippen molar-refractivity contribution in [3.8, 4) is 0 Å². The van der Waals surface area contributed by atoms with Crippen molar-refractivity contribution >= 4 is 40.7 Å². The van der Waals surface area contributed by atoms with Gasteiger partial charge in [0.05, 0.1) is 23.7 Å². The Morgan fingerprint density at radius 1 is 1.16 bits per heavy atom. The minimum Gasteiger partial charge on any atom is -0.144 e. The summed E-state index contributed by atoms with van der Waals surface area (Å²) in [4.78, 5) is 11.1. The van der Waals surface area contributed by atoms with E-state index in [1.165, 1.54) is 0 Å². The zero-order chi connectivity index (χ0) is 14.1. The molecule has 2 aliphatic heterocycles. The minimum absolute atomic E-state index is 1.08. The maximum atomic E-state index is 4.37. The second-order valence-corrected chi connectivity index (χ2v) is 15.7. The van der Waals surface area contributed by atoms with Gasteiger partial charge in [0.15, 0.2) is 0 Å². The first-order chi connectivity index (χ1) is 8.99. The Bertz CT molecular complexity index is 357. The van der Waals surface area contributed by atoms with Gasteiger partial charge in [0.1, 0.15) is 0 Å². The van der Waals surface area contributed by atoms with E-state index in [9.17, 15) is 0 Å². The van der Waals surface area contributed by atoms with Crippen molar-refractivity contribution in [1.29, 1.82) is 0 Å². The van der Waals surface area contributed by atoms with Crippen LogP contribution in [0.15, 0.2) is 4.76 Å². The molecule has 2 fully saturated rings. The molecule has 8 nitrogen and oxygen atoms in total. The summed E-state index contributed by atoms with van der Waals surface area (Å²) in [7, 11) is 4.07. The predicted molar refractivity (Wildman–Crippen MR) is 92.0 cm³/mol. The molecule has 0 aliphatic carbocycles. The lowest BCUT2D eigenvalue weighted by atomic mass is 10.8. The fraction of sp³-hybridized carbons (Fsp3) is 0.857. The highest BCUT2D eigenvalue weighted by Crippen LogP contribution is 2.83. The second kappa shape index (κ2) is 6.03. The normalized spacial score (nSPS) is 38.7. The van der Waals surface area contributed by atoms with Gasteiger partial charge < -0.3 is 0 Å². The Labute approximate surface area is 121 Å². The standard InChI is InChI=1S/C7H24N8P3S/c1-8-16(9-2)12-17(10-3,11-4)14-18(13-16)15(5)6-7-19-18/h9-14H,1,6-7H2,2-5H3/q+3. The van der Waals surface area contributed by atoms with E-state index in [0.717, 1.165) is 12.3 Å². The highest BCUT2D eigenvalue weighted by Gasteiger charge is 2.75. The van der Waals surface area contributed by atoms with Crippen LogP contribution < -0.4 is 29.8 Å². The molecule has 2 saturated heterocycles. The number of rotatable bonds is 4. The molecule has 19 heavy (non-hydrogen) atoms. The largest absolute Gasteiger partial charge is 0.420 e. The van der Waals surface area contributed by atoms with Crippen molar-refractivity contribution in [3.05, 3.63) is 0 Å². The van der Waals surface area contributed by atoms with Crippen molar-refractivity contribution in [1.82, 2.24) is 34.5 Å². The van der Waals surface area contributed by atoms with Crippen LogP contribution in [-0.2, 0) is 0 Å². The van der Waals surface area contributed by atoms with E-state index in [1.54, 1.807) is 0 Å². The van der Waals surface area contributed by atoms with Gasteiger partial charge in [0.25, 0.3) is 0 Å². The van der Waals surface area contributed by atoms with Crippen LogP contribution in [0.3, 0.4) is 0 Å². The Morgan fingerprint density at radius 2 is 1.84 bits per heavy atom. The van der Waals surface area contributed by atoms with Gasteiger partial charge in [-0.05, 0) is 0 Å². The van der Waals surface area contributed by atoms with E-state index < -0.39 is 22.6 Å². The van der Waals surface area contributed by atoms with Crippen molar-refractivity contribution in [2.24, 2.45) is 4.76 Å². The van der Waals surface area contributed by atoms with Crippen LogP contribution in [0.2, 0.25) is 0 Å². The van der Waals surface area contributed by atoms with Crippen LogP contribution in [0.25, 0.3) is 0 Å². The van der Waals surface area contributed by atoms with Crippen molar-refractivity contribution < 1.29 is 0 Å². The smallest absolute Gasteiger partial charge is 0.144 e. The van der Waals surface area contributed by atoms with Gasteiger partial charge in [-0.2, -0.15) is 0 Å². The average Bonchev–Trinajstić information content (AvgIpc) is 2.78. The molecular weight excluding hydrogens is 321 g/mol. The molecule has 0 amide bonds. The minimum atomic E-state index is -2.05. The topological polar surface area (TPSA) is 87.8 Å². The molecule has 6 N–H and O–H groups in total. The summed E-state index contributed by atoms with van der Waals surface area (Å²) >= 11 is 1.96. The summed E-state index contributed by atoms with van der Waals surface area (Å²) in [6.07, 6.45) is 0. The van der Waals surface area contributed by atoms with E-state index >= 15 is 0 Å². The summed E-state index contributed by atoms with van der Waals surface area (Å²) in [6.45, 7) is 3.18. The molecule has 2 unspecified atom stereocenters. The summed E-state index contributed by atoms with van der Waals surface area (Å²) in [5.41, 5.74) is 0. The second-order valence-electron chi connectivity index (χ2n) is 4.21. The summed E-state index contributed by atoms with van der Waals surface area (Å²) in [5, 5.41) is 10.1. The number of hydrogen-bond donors (Lipinski definition) is 6. The zero-order valence-corrected chi connectivity index (χ0v) is 15.3. The summed E-state index contributed by atoms with van der Waals surface area (Å²) < 4.78 is 6.75. The number of hydrogen-bond acceptors (Lipinski definition) is 9. The van der Waals surface area contributed by atoms with Crippen molar-refractivity contribution in [3.63, 3.8) is 0 Å². The third-order valence-corrected chi connectivity index (χ3v) is 18.4. The van der Waals surface area contributed by atoms with Crippen LogP contribution >= 0.6 is 34.0 Å². The third kappa shape index (κ3) is 2.85. The first-order valence-electron chi connectivity index (χ1n) is 5.96. The zero-order valence-electron chi connectivity index (χ0n) is 11.8. The predicted octanol–water partition coefficient (Wildman–Crippen LogP) is 0.839. The van der Waals surface area contributed by atoms with Crippen LogP contribution in [0, 0.1) is 0 Å². The molecule has 2 atom stereocenters. The summed E-state index contributed by atoms with van der Waals surface area (Å²) in [6, 6.07) is 0. The molecule has 0 bridgehead atoms. The molecule has 1 spiro atoms. The maximum Gasteiger partial charge on any atom is 0.420 e. The molecule has 2 rings (SSSR count). The maximum absolute atomic E-state index is 4.37. The Kier molecular flexibility index (Phi) is 5.21. The molecule has 0 aromatic heterocycles. The van der Waals surface area contributed by atoms with Gasteiger partial charge in [-0.3, -0.25) is 0 Å². The Hall–Kier alpha value is 1.03. The van der Waals surface area contributed by atoms with Crippen LogP contribution in [-0.4, -0.2) is 51.9 Å². The van der Waals surface area contributed by atoms with Gasteiger partial charge in [-0.25, -0.2) is 0 Å². The molecule has 0 aromatic carbocycles. The van der Waals surface area contributed by atoms with E-state index in [0.29, 0.717) is 0 Å². The van der Waals surface area contributed by atoms with Gasteiger partial charge in [0, 0.05) is 49.5 Å².